The van der Waals surface area contributed by atoms with Gasteiger partial charge in [0.05, 0.1) is 15.7 Å². The second kappa shape index (κ2) is 5.65. The average molecular weight is 299 g/mol. The topological polar surface area (TPSA) is 62.7 Å². The second-order valence-electron chi connectivity index (χ2n) is 5.05. The number of thiazole rings is 1. The Labute approximate surface area is 127 Å². The van der Waals surface area contributed by atoms with Crippen LogP contribution in [0.3, 0.4) is 0 Å². The first-order chi connectivity index (χ1) is 10.2. The highest BCUT2D eigenvalue weighted by Gasteiger charge is 2.14. The zero-order valence-electron chi connectivity index (χ0n) is 12.2. The largest absolute Gasteiger partial charge is 0.373 e. The quantitative estimate of drug-likeness (QED) is 0.762. The van der Waals surface area contributed by atoms with E-state index < -0.39 is 0 Å². The van der Waals surface area contributed by atoms with Crippen LogP contribution in [0.4, 0.5) is 17.3 Å². The summed E-state index contributed by atoms with van der Waals surface area (Å²) >= 11 is 1.63. The molecule has 21 heavy (non-hydrogen) atoms. The smallest absolute Gasteiger partial charge is 0.139 e. The van der Waals surface area contributed by atoms with Crippen molar-refractivity contribution in [1.29, 1.82) is 0 Å². The molecule has 0 bridgehead atoms. The van der Waals surface area contributed by atoms with Crippen molar-refractivity contribution in [3.05, 3.63) is 35.6 Å². The van der Waals surface area contributed by atoms with Gasteiger partial charge in [-0.25, -0.2) is 15.0 Å². The summed E-state index contributed by atoms with van der Waals surface area (Å²) in [5.41, 5.74) is 4.98. The molecule has 3 rings (SSSR count). The number of benzene rings is 1. The first-order valence-electron chi connectivity index (χ1n) is 6.82. The normalized spacial score (nSPS) is 11.0. The molecular weight excluding hydrogens is 282 g/mol. The standard InChI is InChI=1S/C15H17N5S/c1-9(2)13-14(16-3)17-7-18-15(13)20-10-4-5-11-12(6-10)21-8-19-11/h4-9H,1-3H3,(H2,16,17,18,20). The van der Waals surface area contributed by atoms with Crippen LogP contribution in [0.2, 0.25) is 0 Å². The van der Waals surface area contributed by atoms with Crippen LogP contribution in [0.25, 0.3) is 10.2 Å². The van der Waals surface area contributed by atoms with Crippen molar-refractivity contribution in [3.8, 4) is 0 Å². The Bertz CT molecular complexity index is 766. The molecule has 3 aromatic rings. The van der Waals surface area contributed by atoms with Crippen LogP contribution in [0, 0.1) is 0 Å². The molecule has 0 unspecified atom stereocenters. The Balaban J connectivity index is 2.00. The highest BCUT2D eigenvalue weighted by atomic mass is 32.1. The summed E-state index contributed by atoms with van der Waals surface area (Å²) in [4.78, 5) is 13.0. The molecule has 0 atom stereocenters. The van der Waals surface area contributed by atoms with E-state index in [4.69, 9.17) is 0 Å². The summed E-state index contributed by atoms with van der Waals surface area (Å²) < 4.78 is 1.16. The molecule has 0 amide bonds. The van der Waals surface area contributed by atoms with Gasteiger partial charge >= 0.3 is 0 Å². The molecule has 2 N–H and O–H groups in total. The van der Waals surface area contributed by atoms with E-state index in [-0.39, 0.29) is 0 Å². The van der Waals surface area contributed by atoms with Crippen molar-refractivity contribution in [2.45, 2.75) is 19.8 Å². The third-order valence-corrected chi connectivity index (χ3v) is 4.08. The minimum absolute atomic E-state index is 0.322. The van der Waals surface area contributed by atoms with Crippen molar-refractivity contribution in [1.82, 2.24) is 15.0 Å². The molecule has 2 aromatic heterocycles. The number of aromatic nitrogens is 3. The lowest BCUT2D eigenvalue weighted by Crippen LogP contribution is -2.06. The summed E-state index contributed by atoms with van der Waals surface area (Å²) in [5, 5.41) is 6.53. The van der Waals surface area contributed by atoms with Crippen molar-refractivity contribution >= 4 is 38.9 Å². The lowest BCUT2D eigenvalue weighted by Gasteiger charge is -2.16. The summed E-state index contributed by atoms with van der Waals surface area (Å²) in [7, 11) is 1.88. The molecule has 0 saturated carbocycles. The maximum atomic E-state index is 4.40. The Hall–Kier alpha value is -2.21. The molecule has 0 aliphatic heterocycles. The van der Waals surface area contributed by atoms with Crippen molar-refractivity contribution in [2.24, 2.45) is 0 Å². The van der Waals surface area contributed by atoms with Gasteiger partial charge < -0.3 is 10.6 Å². The van der Waals surface area contributed by atoms with Gasteiger partial charge in [0.15, 0.2) is 0 Å². The first-order valence-corrected chi connectivity index (χ1v) is 7.70. The van der Waals surface area contributed by atoms with Crippen LogP contribution in [-0.4, -0.2) is 22.0 Å². The van der Waals surface area contributed by atoms with Gasteiger partial charge in [0, 0.05) is 18.3 Å². The highest BCUT2D eigenvalue weighted by molar-refractivity contribution is 7.16. The molecule has 0 saturated heterocycles. The van der Waals surface area contributed by atoms with Crippen LogP contribution in [0.1, 0.15) is 25.3 Å². The number of rotatable bonds is 4. The molecule has 1 aromatic carbocycles. The third-order valence-electron chi connectivity index (χ3n) is 3.29. The van der Waals surface area contributed by atoms with Crippen molar-refractivity contribution in [2.75, 3.05) is 17.7 Å². The lowest BCUT2D eigenvalue weighted by molar-refractivity contribution is 0.852. The molecule has 0 aliphatic carbocycles. The number of nitrogens with zero attached hydrogens (tertiary/aromatic N) is 3. The Morgan fingerprint density at radius 1 is 1.10 bits per heavy atom. The zero-order valence-corrected chi connectivity index (χ0v) is 13.0. The van der Waals surface area contributed by atoms with Gasteiger partial charge in [-0.15, -0.1) is 11.3 Å². The number of hydrogen-bond acceptors (Lipinski definition) is 6. The average Bonchev–Trinajstić information content (AvgIpc) is 2.94. The fraction of sp³-hybridized carbons (Fsp3) is 0.267. The van der Waals surface area contributed by atoms with Gasteiger partial charge in [-0.3, -0.25) is 0 Å². The monoisotopic (exact) mass is 299 g/mol. The summed E-state index contributed by atoms with van der Waals surface area (Å²) in [6, 6.07) is 6.13. The van der Waals surface area contributed by atoms with E-state index in [1.165, 1.54) is 0 Å². The minimum Gasteiger partial charge on any atom is -0.373 e. The number of fused-ring (bicyclic) bond motifs is 1. The number of anilines is 3. The van der Waals surface area contributed by atoms with E-state index in [9.17, 15) is 0 Å². The van der Waals surface area contributed by atoms with E-state index in [2.05, 4.69) is 45.5 Å². The predicted molar refractivity (Wildman–Crippen MR) is 88.6 cm³/mol. The molecule has 0 spiro atoms. The van der Waals surface area contributed by atoms with Gasteiger partial charge in [-0.2, -0.15) is 0 Å². The van der Waals surface area contributed by atoms with E-state index >= 15 is 0 Å². The molecular formula is C15H17N5S. The van der Waals surface area contributed by atoms with Gasteiger partial charge in [-0.05, 0) is 24.1 Å². The third kappa shape index (κ3) is 2.67. The Kier molecular flexibility index (Phi) is 3.70. The van der Waals surface area contributed by atoms with Crippen LogP contribution >= 0.6 is 11.3 Å². The molecule has 0 radical (unpaired) electrons. The maximum absolute atomic E-state index is 4.40. The van der Waals surface area contributed by atoms with Crippen LogP contribution < -0.4 is 10.6 Å². The molecule has 108 valence electrons. The SMILES string of the molecule is CNc1ncnc(Nc2ccc3ncsc3c2)c1C(C)C. The molecule has 2 heterocycles. The zero-order chi connectivity index (χ0) is 14.8. The fourth-order valence-electron chi connectivity index (χ4n) is 2.31. The lowest BCUT2D eigenvalue weighted by atomic mass is 10.0. The summed E-state index contributed by atoms with van der Waals surface area (Å²) in [6.07, 6.45) is 1.57. The molecule has 5 nitrogen and oxygen atoms in total. The highest BCUT2D eigenvalue weighted by Crippen LogP contribution is 2.31. The van der Waals surface area contributed by atoms with E-state index in [1.54, 1.807) is 17.7 Å². The van der Waals surface area contributed by atoms with Crippen LogP contribution in [-0.2, 0) is 0 Å². The minimum atomic E-state index is 0.322. The number of nitrogens with one attached hydrogen (secondary N) is 2. The summed E-state index contributed by atoms with van der Waals surface area (Å²) in [6.45, 7) is 4.27. The van der Waals surface area contributed by atoms with Crippen molar-refractivity contribution < 1.29 is 0 Å². The Morgan fingerprint density at radius 2 is 1.90 bits per heavy atom. The molecule has 6 heteroatoms. The molecule has 0 aliphatic rings. The van der Waals surface area contributed by atoms with Gasteiger partial charge in [0.2, 0.25) is 0 Å². The van der Waals surface area contributed by atoms with Gasteiger partial charge in [-0.1, -0.05) is 13.8 Å². The molecule has 0 fully saturated rings. The second-order valence-corrected chi connectivity index (χ2v) is 5.94. The fourth-order valence-corrected chi connectivity index (χ4v) is 3.03. The van der Waals surface area contributed by atoms with E-state index in [1.807, 2.05) is 24.7 Å². The van der Waals surface area contributed by atoms with Gasteiger partial charge in [0.1, 0.15) is 18.0 Å². The maximum Gasteiger partial charge on any atom is 0.139 e. The van der Waals surface area contributed by atoms with E-state index in [0.717, 1.165) is 33.1 Å². The van der Waals surface area contributed by atoms with Crippen molar-refractivity contribution in [3.63, 3.8) is 0 Å². The number of hydrogen-bond donors (Lipinski definition) is 2. The summed E-state index contributed by atoms with van der Waals surface area (Å²) in [5.74, 6) is 2.03. The Morgan fingerprint density at radius 3 is 2.67 bits per heavy atom. The van der Waals surface area contributed by atoms with Gasteiger partial charge in [0.25, 0.3) is 0 Å². The van der Waals surface area contributed by atoms with Crippen LogP contribution in [0.5, 0.6) is 0 Å². The van der Waals surface area contributed by atoms with Crippen LogP contribution in [0.15, 0.2) is 30.0 Å². The first kappa shape index (κ1) is 13.8. The van der Waals surface area contributed by atoms with E-state index in [0.29, 0.717) is 5.92 Å². The predicted octanol–water partition coefficient (Wildman–Crippen LogP) is 4.00.